The molecule has 0 saturated carbocycles. The second kappa shape index (κ2) is 31.1. The quantitative estimate of drug-likeness (QED) is 0.0728. The van der Waals surface area contributed by atoms with Gasteiger partial charge in [-0.25, -0.2) is 4.99 Å². The first-order valence-electron chi connectivity index (χ1n) is 18.4. The molecule has 0 aromatic heterocycles. The number of allylic oxidation sites excluding steroid dienone is 1. The van der Waals surface area contributed by atoms with Crippen LogP contribution in [0.4, 0.5) is 0 Å². The van der Waals surface area contributed by atoms with Gasteiger partial charge in [0.25, 0.3) is 0 Å². The molecule has 2 unspecified atom stereocenters. The van der Waals surface area contributed by atoms with Gasteiger partial charge in [-0.05, 0) is 25.3 Å². The van der Waals surface area contributed by atoms with E-state index in [1.165, 1.54) is 154 Å². The Morgan fingerprint density at radius 3 is 1.57 bits per heavy atom. The Morgan fingerprint density at radius 1 is 0.690 bits per heavy atom. The number of aliphatic hydroxyl groups excluding tert-OH is 1. The molecule has 0 spiro atoms. The van der Waals surface area contributed by atoms with Gasteiger partial charge in [0, 0.05) is 6.42 Å². The molecule has 2 rings (SSSR count). The smallest absolute Gasteiger partial charge is 0.184 e. The molecule has 2 heterocycles. The Morgan fingerprint density at radius 2 is 1.17 bits per heavy atom. The van der Waals surface area contributed by atoms with E-state index < -0.39 is 0 Å². The molecule has 0 aromatic rings. The first-order chi connectivity index (χ1) is 20.8. The van der Waals surface area contributed by atoms with Crippen molar-refractivity contribution >= 4 is 12.3 Å². The van der Waals surface area contributed by atoms with E-state index in [-0.39, 0.29) is 18.8 Å². The van der Waals surface area contributed by atoms with Gasteiger partial charge >= 0.3 is 0 Å². The van der Waals surface area contributed by atoms with Crippen molar-refractivity contribution < 1.29 is 14.6 Å². The van der Waals surface area contributed by atoms with Crippen molar-refractivity contribution in [1.29, 1.82) is 0 Å². The lowest BCUT2D eigenvalue weighted by Gasteiger charge is -2.11. The maximum Gasteiger partial charge on any atom is 0.184 e. The largest absolute Gasteiger partial charge is 0.482 e. The summed E-state index contributed by atoms with van der Waals surface area (Å²) < 4.78 is 10.7. The van der Waals surface area contributed by atoms with Gasteiger partial charge in [0.1, 0.15) is 18.8 Å². The lowest BCUT2D eigenvalue weighted by Crippen LogP contribution is -2.23. The Hall–Kier alpha value is -1.36. The Balaban J connectivity index is 0.00000158. The van der Waals surface area contributed by atoms with Crippen molar-refractivity contribution in [3.05, 3.63) is 12.2 Å². The van der Waals surface area contributed by atoms with Crippen LogP contribution in [-0.4, -0.2) is 49.3 Å². The van der Waals surface area contributed by atoms with Crippen LogP contribution in [0.5, 0.6) is 0 Å². The van der Waals surface area contributed by atoms with Gasteiger partial charge in [0.05, 0.1) is 13.2 Å². The lowest BCUT2D eigenvalue weighted by molar-refractivity contribution is 0.181. The number of hydrogen-bond acceptors (Lipinski definition) is 5. The van der Waals surface area contributed by atoms with E-state index in [1.807, 2.05) is 0 Å². The number of unbranched alkanes of at least 4 members (excludes halogenated alkanes) is 23. The second-order valence-corrected chi connectivity index (χ2v) is 12.5. The highest BCUT2D eigenvalue weighted by Gasteiger charge is 2.27. The minimum Gasteiger partial charge on any atom is -0.482 e. The molecule has 5 nitrogen and oxygen atoms in total. The number of ether oxygens (including phenoxy) is 2. The molecule has 1 N–H and O–H groups in total. The molecule has 0 aliphatic carbocycles. The van der Waals surface area contributed by atoms with E-state index in [9.17, 15) is 5.11 Å². The topological polar surface area (TPSA) is 63.4 Å². The fraction of sp³-hybridized carbons (Fsp3) is 0.892. The SMILES string of the molecule is C1=NCCO1.CCCCCCCCCCCCCC=CC1OC(CCCCCCCCCCCCCCC)=NC1CO. The molecule has 0 amide bonds. The zero-order valence-corrected chi connectivity index (χ0v) is 28.1. The Kier molecular flexibility index (Phi) is 28.6. The van der Waals surface area contributed by atoms with Gasteiger partial charge in [-0.2, -0.15) is 0 Å². The highest BCUT2D eigenvalue weighted by atomic mass is 16.5. The normalized spacial score (nSPS) is 17.7. The highest BCUT2D eigenvalue weighted by molar-refractivity contribution is 5.78. The summed E-state index contributed by atoms with van der Waals surface area (Å²) in [6, 6.07) is -0.106. The maximum atomic E-state index is 9.72. The molecular formula is C37H70N2O3. The van der Waals surface area contributed by atoms with Crippen LogP contribution >= 0.6 is 0 Å². The van der Waals surface area contributed by atoms with E-state index >= 15 is 0 Å². The molecule has 246 valence electrons. The van der Waals surface area contributed by atoms with Gasteiger partial charge in [0.15, 0.2) is 12.3 Å². The average Bonchev–Trinajstić information content (AvgIpc) is 3.72. The molecule has 0 saturated heterocycles. The summed E-state index contributed by atoms with van der Waals surface area (Å²) >= 11 is 0. The first-order valence-corrected chi connectivity index (χ1v) is 18.4. The average molecular weight is 591 g/mol. The lowest BCUT2D eigenvalue weighted by atomic mass is 10.0. The van der Waals surface area contributed by atoms with E-state index in [0.717, 1.165) is 38.3 Å². The van der Waals surface area contributed by atoms with Gasteiger partial charge in [0.2, 0.25) is 0 Å². The minimum atomic E-state index is -0.106. The number of rotatable bonds is 28. The van der Waals surface area contributed by atoms with Crippen LogP contribution in [-0.2, 0) is 9.47 Å². The van der Waals surface area contributed by atoms with Crippen molar-refractivity contribution in [3.63, 3.8) is 0 Å². The van der Waals surface area contributed by atoms with Gasteiger partial charge in [-0.3, -0.25) is 4.99 Å². The van der Waals surface area contributed by atoms with Gasteiger partial charge in [-0.15, -0.1) is 0 Å². The molecule has 0 radical (unpaired) electrons. The van der Waals surface area contributed by atoms with Crippen molar-refractivity contribution in [2.24, 2.45) is 9.98 Å². The maximum absolute atomic E-state index is 9.72. The van der Waals surface area contributed by atoms with E-state index in [1.54, 1.807) is 0 Å². The van der Waals surface area contributed by atoms with Crippen molar-refractivity contribution in [2.75, 3.05) is 19.8 Å². The van der Waals surface area contributed by atoms with E-state index in [2.05, 4.69) is 40.7 Å². The summed E-state index contributed by atoms with van der Waals surface area (Å²) in [5.74, 6) is 0.867. The number of hydrogen-bond donors (Lipinski definition) is 1. The van der Waals surface area contributed by atoms with Crippen LogP contribution < -0.4 is 0 Å². The minimum absolute atomic E-state index is 0.0605. The number of aliphatic hydroxyl groups is 1. The Bertz CT molecular complexity index is 643. The number of nitrogens with zero attached hydrogens (tertiary/aromatic N) is 2. The molecule has 42 heavy (non-hydrogen) atoms. The van der Waals surface area contributed by atoms with Crippen molar-refractivity contribution in [3.8, 4) is 0 Å². The molecule has 2 aliphatic heterocycles. The first kappa shape index (κ1) is 38.7. The zero-order chi connectivity index (χ0) is 30.2. The van der Waals surface area contributed by atoms with E-state index in [4.69, 9.17) is 4.74 Å². The molecule has 0 fully saturated rings. The fourth-order valence-corrected chi connectivity index (χ4v) is 5.67. The molecule has 0 aromatic carbocycles. The highest BCUT2D eigenvalue weighted by Crippen LogP contribution is 2.20. The van der Waals surface area contributed by atoms with Crippen LogP contribution in [0.25, 0.3) is 0 Å². The molecule has 2 atom stereocenters. The fourth-order valence-electron chi connectivity index (χ4n) is 5.67. The van der Waals surface area contributed by atoms with Crippen LogP contribution in [0.15, 0.2) is 22.1 Å². The summed E-state index contributed by atoms with van der Waals surface area (Å²) in [6.45, 7) is 6.28. The van der Waals surface area contributed by atoms with Crippen LogP contribution in [0, 0.1) is 0 Å². The van der Waals surface area contributed by atoms with Gasteiger partial charge in [-0.1, -0.05) is 161 Å². The summed E-state index contributed by atoms with van der Waals surface area (Å²) in [5.41, 5.74) is 0. The molecule has 2 aliphatic rings. The summed E-state index contributed by atoms with van der Waals surface area (Å²) in [6.07, 6.45) is 40.9. The summed E-state index contributed by atoms with van der Waals surface area (Å²) in [4.78, 5) is 8.39. The molecule has 5 heteroatoms. The summed E-state index contributed by atoms with van der Waals surface area (Å²) in [5, 5.41) is 9.72. The van der Waals surface area contributed by atoms with Crippen molar-refractivity contribution in [2.45, 2.75) is 193 Å². The summed E-state index contributed by atoms with van der Waals surface area (Å²) in [7, 11) is 0. The van der Waals surface area contributed by atoms with Crippen LogP contribution in [0.1, 0.15) is 181 Å². The van der Waals surface area contributed by atoms with Gasteiger partial charge < -0.3 is 14.6 Å². The Labute approximate surface area is 261 Å². The van der Waals surface area contributed by atoms with Crippen LogP contribution in [0.3, 0.4) is 0 Å². The zero-order valence-electron chi connectivity index (χ0n) is 28.1. The number of aliphatic imine (C=N–C) groups is 2. The molecule has 0 bridgehead atoms. The standard InChI is InChI=1S/C34H65NO2.C3H5NO/c1-3-5-7-9-11-13-15-17-19-21-23-25-27-29-33-32(31-36)35-34(37-33)30-28-26-24-22-20-18-16-14-12-10-8-6-4-2;1-2-5-3-4-1/h27,29,32-33,36H,3-26,28,30-31H2,1-2H3;3H,1-2H2. The third-order valence-corrected chi connectivity index (χ3v) is 8.43. The molecular weight excluding hydrogens is 520 g/mol. The third kappa shape index (κ3) is 24.1. The monoisotopic (exact) mass is 591 g/mol. The second-order valence-electron chi connectivity index (χ2n) is 12.5. The third-order valence-electron chi connectivity index (χ3n) is 8.43. The van der Waals surface area contributed by atoms with Crippen LogP contribution in [0.2, 0.25) is 0 Å². The predicted molar refractivity (Wildman–Crippen MR) is 183 cm³/mol. The van der Waals surface area contributed by atoms with Crippen molar-refractivity contribution in [1.82, 2.24) is 0 Å². The van der Waals surface area contributed by atoms with E-state index in [0.29, 0.717) is 0 Å². The predicted octanol–water partition coefficient (Wildman–Crippen LogP) is 10.9.